The van der Waals surface area contributed by atoms with Crippen molar-refractivity contribution in [1.82, 2.24) is 0 Å². The van der Waals surface area contributed by atoms with E-state index in [2.05, 4.69) is 36.0 Å². The lowest BCUT2D eigenvalue weighted by Gasteiger charge is -2.03. The van der Waals surface area contributed by atoms with Gasteiger partial charge in [0.25, 0.3) is 5.69 Å². The molecule has 0 saturated heterocycles. The predicted octanol–water partition coefficient (Wildman–Crippen LogP) is 9.31. The molecule has 0 amide bonds. The van der Waals surface area contributed by atoms with Gasteiger partial charge in [0, 0.05) is 30.7 Å². The standard InChI is InChI=1S/C31H47N2O2/c1-2-3-4-5-6-7-8-9-10-11-12-13-14-15-16-17-26-32-27-24-30(25-28-32)19-18-29-20-22-31(23-21-29)33(34)35/h18-25,27-28H,2-17,26H2,1H3/q+1/b19-18+. The maximum Gasteiger partial charge on any atom is 0.269 e. The molecule has 0 fully saturated rings. The Morgan fingerprint density at radius 2 is 1.03 bits per heavy atom. The van der Waals surface area contributed by atoms with E-state index < -0.39 is 0 Å². The molecule has 1 heterocycles. The zero-order valence-corrected chi connectivity index (χ0v) is 22.0. The van der Waals surface area contributed by atoms with E-state index in [4.69, 9.17) is 0 Å². The first-order valence-electron chi connectivity index (χ1n) is 14.1. The number of benzene rings is 1. The summed E-state index contributed by atoms with van der Waals surface area (Å²) in [5, 5.41) is 10.7. The van der Waals surface area contributed by atoms with Gasteiger partial charge >= 0.3 is 0 Å². The molecule has 0 spiro atoms. The van der Waals surface area contributed by atoms with Crippen LogP contribution in [0.2, 0.25) is 0 Å². The highest BCUT2D eigenvalue weighted by atomic mass is 16.6. The van der Waals surface area contributed by atoms with Crippen LogP contribution >= 0.6 is 0 Å². The Hall–Kier alpha value is -2.49. The van der Waals surface area contributed by atoms with Crippen LogP contribution in [-0.2, 0) is 6.54 Å². The van der Waals surface area contributed by atoms with Crippen LogP contribution in [0.4, 0.5) is 5.69 Å². The Labute approximate surface area is 213 Å². The van der Waals surface area contributed by atoms with Crippen LogP contribution < -0.4 is 4.57 Å². The molecular weight excluding hydrogens is 432 g/mol. The minimum atomic E-state index is -0.372. The van der Waals surface area contributed by atoms with E-state index in [1.165, 1.54) is 115 Å². The molecule has 192 valence electrons. The second-order valence-electron chi connectivity index (χ2n) is 9.85. The van der Waals surface area contributed by atoms with Crippen molar-refractivity contribution in [2.24, 2.45) is 0 Å². The zero-order chi connectivity index (χ0) is 25.0. The Balaban J connectivity index is 1.45. The quantitative estimate of drug-likeness (QED) is 0.0822. The summed E-state index contributed by atoms with van der Waals surface area (Å²) in [6, 6.07) is 10.9. The van der Waals surface area contributed by atoms with Gasteiger partial charge in [0.05, 0.1) is 4.92 Å². The number of hydrogen-bond acceptors (Lipinski definition) is 2. The SMILES string of the molecule is CCCCCCCCCCCCCCCCCC[n+]1ccc(/C=C/c2ccc([N+](=O)[O-])cc2)cc1. The largest absolute Gasteiger partial charge is 0.269 e. The fraction of sp³-hybridized carbons (Fsp3) is 0.581. The van der Waals surface area contributed by atoms with Crippen LogP contribution in [0, 0.1) is 10.1 Å². The Morgan fingerprint density at radius 1 is 0.629 bits per heavy atom. The molecule has 2 rings (SSSR count). The molecule has 35 heavy (non-hydrogen) atoms. The second-order valence-corrected chi connectivity index (χ2v) is 9.85. The number of non-ortho nitro benzene ring substituents is 1. The van der Waals surface area contributed by atoms with Crippen LogP contribution in [-0.4, -0.2) is 4.92 Å². The lowest BCUT2D eigenvalue weighted by molar-refractivity contribution is -0.697. The maximum atomic E-state index is 10.7. The lowest BCUT2D eigenvalue weighted by Crippen LogP contribution is -2.32. The molecule has 0 aliphatic heterocycles. The highest BCUT2D eigenvalue weighted by molar-refractivity contribution is 5.69. The van der Waals surface area contributed by atoms with Crippen molar-refractivity contribution in [1.29, 1.82) is 0 Å². The van der Waals surface area contributed by atoms with Gasteiger partial charge < -0.3 is 0 Å². The van der Waals surface area contributed by atoms with Gasteiger partial charge in [-0.25, -0.2) is 4.57 Å². The number of aromatic nitrogens is 1. The summed E-state index contributed by atoms with van der Waals surface area (Å²) in [5.41, 5.74) is 2.21. The number of nitro groups is 1. The topological polar surface area (TPSA) is 47.0 Å². The van der Waals surface area contributed by atoms with Crippen molar-refractivity contribution >= 4 is 17.8 Å². The highest BCUT2D eigenvalue weighted by Gasteiger charge is 2.03. The third-order valence-corrected chi connectivity index (χ3v) is 6.76. The molecule has 4 heteroatoms. The Kier molecular flexibility index (Phi) is 15.4. The summed E-state index contributed by atoms with van der Waals surface area (Å²) in [5.74, 6) is 0. The summed E-state index contributed by atoms with van der Waals surface area (Å²) in [6.45, 7) is 3.36. The molecule has 1 aromatic carbocycles. The predicted molar refractivity (Wildman–Crippen MR) is 148 cm³/mol. The van der Waals surface area contributed by atoms with Crippen molar-refractivity contribution in [2.45, 2.75) is 116 Å². The number of nitro benzene ring substituents is 1. The first-order valence-corrected chi connectivity index (χ1v) is 14.1. The normalized spacial score (nSPS) is 11.3. The molecule has 2 aromatic rings. The summed E-state index contributed by atoms with van der Waals surface area (Å²) in [4.78, 5) is 10.4. The molecule has 0 unspecified atom stereocenters. The average Bonchev–Trinajstić information content (AvgIpc) is 2.88. The van der Waals surface area contributed by atoms with Crippen LogP contribution in [0.3, 0.4) is 0 Å². The minimum absolute atomic E-state index is 0.122. The van der Waals surface area contributed by atoms with E-state index in [1.807, 2.05) is 12.2 Å². The number of unbranched alkanes of at least 4 members (excludes halogenated alkanes) is 15. The highest BCUT2D eigenvalue weighted by Crippen LogP contribution is 2.15. The van der Waals surface area contributed by atoms with Gasteiger partial charge in [-0.05, 0) is 29.7 Å². The molecule has 1 aromatic heterocycles. The van der Waals surface area contributed by atoms with Crippen molar-refractivity contribution in [3.63, 3.8) is 0 Å². The minimum Gasteiger partial charge on any atom is -0.258 e. The van der Waals surface area contributed by atoms with Crippen molar-refractivity contribution in [3.8, 4) is 0 Å². The molecular formula is C31H47N2O2+. The van der Waals surface area contributed by atoms with Crippen LogP contribution in [0.5, 0.6) is 0 Å². The molecule has 0 aliphatic carbocycles. The fourth-order valence-corrected chi connectivity index (χ4v) is 4.47. The summed E-state index contributed by atoms with van der Waals surface area (Å²) < 4.78 is 2.26. The number of pyridine rings is 1. The maximum absolute atomic E-state index is 10.7. The molecule has 0 aliphatic rings. The van der Waals surface area contributed by atoms with Gasteiger partial charge in [0.1, 0.15) is 6.54 Å². The second kappa shape index (κ2) is 18.8. The first kappa shape index (κ1) is 28.7. The number of hydrogen-bond donors (Lipinski definition) is 0. The Morgan fingerprint density at radius 3 is 1.46 bits per heavy atom. The smallest absolute Gasteiger partial charge is 0.258 e. The zero-order valence-electron chi connectivity index (χ0n) is 22.0. The molecule has 4 nitrogen and oxygen atoms in total. The van der Waals surface area contributed by atoms with Crippen molar-refractivity contribution in [2.75, 3.05) is 0 Å². The van der Waals surface area contributed by atoms with Crippen LogP contribution in [0.1, 0.15) is 121 Å². The van der Waals surface area contributed by atoms with Gasteiger partial charge in [0.2, 0.25) is 0 Å². The van der Waals surface area contributed by atoms with Crippen molar-refractivity contribution in [3.05, 3.63) is 70.0 Å². The molecule has 0 saturated carbocycles. The number of aryl methyl sites for hydroxylation is 1. The Bertz CT molecular complexity index is 828. The third kappa shape index (κ3) is 13.9. The molecule has 0 N–H and O–H groups in total. The van der Waals surface area contributed by atoms with Gasteiger partial charge in [-0.3, -0.25) is 10.1 Å². The monoisotopic (exact) mass is 479 g/mol. The van der Waals surface area contributed by atoms with E-state index in [-0.39, 0.29) is 10.6 Å². The van der Waals surface area contributed by atoms with Gasteiger partial charge in [0.15, 0.2) is 12.4 Å². The summed E-state index contributed by atoms with van der Waals surface area (Å²) in [7, 11) is 0. The fourth-order valence-electron chi connectivity index (χ4n) is 4.47. The summed E-state index contributed by atoms with van der Waals surface area (Å²) >= 11 is 0. The lowest BCUT2D eigenvalue weighted by atomic mass is 10.0. The molecule has 0 radical (unpaired) electrons. The number of rotatable bonds is 20. The van der Waals surface area contributed by atoms with E-state index in [1.54, 1.807) is 12.1 Å². The number of nitrogens with zero attached hydrogens (tertiary/aromatic N) is 2. The average molecular weight is 480 g/mol. The molecule has 0 atom stereocenters. The van der Waals surface area contributed by atoms with Crippen LogP contribution in [0.15, 0.2) is 48.8 Å². The van der Waals surface area contributed by atoms with E-state index >= 15 is 0 Å². The van der Waals surface area contributed by atoms with Crippen molar-refractivity contribution < 1.29 is 9.49 Å². The first-order chi connectivity index (χ1) is 17.2. The van der Waals surface area contributed by atoms with Gasteiger partial charge in [-0.2, -0.15) is 0 Å². The molecule has 0 bridgehead atoms. The van der Waals surface area contributed by atoms with E-state index in [0.29, 0.717) is 0 Å². The third-order valence-electron chi connectivity index (χ3n) is 6.76. The van der Waals surface area contributed by atoms with E-state index in [0.717, 1.165) is 17.7 Å². The summed E-state index contributed by atoms with van der Waals surface area (Å²) in [6.07, 6.45) is 30.7. The van der Waals surface area contributed by atoms with Crippen LogP contribution in [0.25, 0.3) is 12.2 Å². The van der Waals surface area contributed by atoms with Gasteiger partial charge in [-0.1, -0.05) is 109 Å². The van der Waals surface area contributed by atoms with E-state index in [9.17, 15) is 10.1 Å². The van der Waals surface area contributed by atoms with Gasteiger partial charge in [-0.15, -0.1) is 0 Å².